The molecule has 0 saturated carbocycles. The number of aliphatic carboxylic acids is 1. The van der Waals surface area contributed by atoms with E-state index in [1.165, 1.54) is 0 Å². The highest BCUT2D eigenvalue weighted by atomic mass is 79.9. The molecule has 1 atom stereocenters. The molecule has 0 aromatic heterocycles. The molecule has 0 amide bonds. The number of fused-ring (bicyclic) bond motifs is 1. The molecule has 0 aliphatic heterocycles. The third-order valence-electron chi connectivity index (χ3n) is 3.50. The molecule has 0 radical (unpaired) electrons. The quantitative estimate of drug-likeness (QED) is 0.798. The predicted molar refractivity (Wildman–Crippen MR) is 71.9 cm³/mol. The van der Waals surface area contributed by atoms with Crippen LogP contribution in [0.5, 0.6) is 5.75 Å². The molecular weight excluding hydrogens is 298 g/mol. The SMILES string of the molecule is NCC(C(=O)O)c1c(O)c(Br)cc2c1CCCC2. The van der Waals surface area contributed by atoms with Crippen molar-refractivity contribution in [2.45, 2.75) is 31.6 Å². The van der Waals surface area contributed by atoms with E-state index in [2.05, 4.69) is 15.9 Å². The van der Waals surface area contributed by atoms with E-state index in [0.29, 0.717) is 10.0 Å². The van der Waals surface area contributed by atoms with Gasteiger partial charge in [0.1, 0.15) is 5.75 Å². The van der Waals surface area contributed by atoms with Crippen LogP contribution in [0.4, 0.5) is 0 Å². The molecule has 2 rings (SSSR count). The van der Waals surface area contributed by atoms with Crippen LogP contribution in [0.25, 0.3) is 0 Å². The first-order valence-corrected chi connectivity index (χ1v) is 6.81. The van der Waals surface area contributed by atoms with Crippen LogP contribution in [0.2, 0.25) is 0 Å². The van der Waals surface area contributed by atoms with Gasteiger partial charge in [-0.15, -0.1) is 0 Å². The number of carboxylic acids is 1. The van der Waals surface area contributed by atoms with E-state index >= 15 is 0 Å². The van der Waals surface area contributed by atoms with Gasteiger partial charge in [0.15, 0.2) is 0 Å². The molecule has 0 saturated heterocycles. The zero-order valence-electron chi connectivity index (χ0n) is 9.95. The van der Waals surface area contributed by atoms with Gasteiger partial charge >= 0.3 is 5.97 Å². The Balaban J connectivity index is 2.63. The lowest BCUT2D eigenvalue weighted by Crippen LogP contribution is -2.24. The van der Waals surface area contributed by atoms with Gasteiger partial charge in [0.05, 0.1) is 10.4 Å². The van der Waals surface area contributed by atoms with Crippen molar-refractivity contribution >= 4 is 21.9 Å². The van der Waals surface area contributed by atoms with Crippen molar-refractivity contribution in [2.75, 3.05) is 6.54 Å². The Hall–Kier alpha value is -1.07. The molecule has 1 aromatic rings. The van der Waals surface area contributed by atoms with Crippen molar-refractivity contribution in [3.63, 3.8) is 0 Å². The van der Waals surface area contributed by atoms with Gasteiger partial charge in [-0.2, -0.15) is 0 Å². The highest BCUT2D eigenvalue weighted by molar-refractivity contribution is 9.10. The number of nitrogens with two attached hydrogens (primary N) is 1. The van der Waals surface area contributed by atoms with Gasteiger partial charge < -0.3 is 15.9 Å². The molecule has 0 spiro atoms. The number of carbonyl (C=O) groups is 1. The number of rotatable bonds is 3. The summed E-state index contributed by atoms with van der Waals surface area (Å²) in [5.74, 6) is -1.80. The van der Waals surface area contributed by atoms with Gasteiger partial charge in [0.25, 0.3) is 0 Å². The monoisotopic (exact) mass is 313 g/mol. The minimum atomic E-state index is -0.987. The number of hydrogen-bond acceptors (Lipinski definition) is 3. The van der Waals surface area contributed by atoms with Crippen LogP contribution in [-0.2, 0) is 17.6 Å². The topological polar surface area (TPSA) is 83.6 Å². The maximum atomic E-state index is 11.3. The third kappa shape index (κ3) is 2.24. The lowest BCUT2D eigenvalue weighted by atomic mass is 9.83. The second kappa shape index (κ2) is 5.28. The highest BCUT2D eigenvalue weighted by Gasteiger charge is 2.28. The molecule has 0 heterocycles. The fourth-order valence-electron chi connectivity index (χ4n) is 2.61. The molecule has 1 unspecified atom stereocenters. The van der Waals surface area contributed by atoms with Gasteiger partial charge in [-0.25, -0.2) is 0 Å². The molecule has 1 aliphatic rings. The van der Waals surface area contributed by atoms with Crippen LogP contribution in [0.15, 0.2) is 10.5 Å². The fourth-order valence-corrected chi connectivity index (χ4v) is 3.10. The molecule has 1 aromatic carbocycles. The van der Waals surface area contributed by atoms with Crippen molar-refractivity contribution in [3.05, 3.63) is 27.2 Å². The van der Waals surface area contributed by atoms with E-state index in [9.17, 15) is 15.0 Å². The van der Waals surface area contributed by atoms with Crippen molar-refractivity contribution in [1.82, 2.24) is 0 Å². The second-order valence-electron chi connectivity index (χ2n) is 4.59. The van der Waals surface area contributed by atoms with Gasteiger partial charge in [-0.3, -0.25) is 4.79 Å². The minimum Gasteiger partial charge on any atom is -0.506 e. The van der Waals surface area contributed by atoms with Gasteiger partial charge in [-0.1, -0.05) is 0 Å². The Labute approximate surface area is 114 Å². The van der Waals surface area contributed by atoms with Crippen LogP contribution < -0.4 is 5.73 Å². The summed E-state index contributed by atoms with van der Waals surface area (Å²) in [5.41, 5.74) is 8.14. The fraction of sp³-hybridized carbons (Fsp3) is 0.462. The van der Waals surface area contributed by atoms with E-state index in [-0.39, 0.29) is 12.3 Å². The number of halogens is 1. The summed E-state index contributed by atoms with van der Waals surface area (Å²) in [6.45, 7) is -0.00815. The number of hydrogen-bond donors (Lipinski definition) is 3. The zero-order chi connectivity index (χ0) is 13.3. The van der Waals surface area contributed by atoms with E-state index in [1.54, 1.807) is 0 Å². The highest BCUT2D eigenvalue weighted by Crippen LogP contribution is 2.40. The van der Waals surface area contributed by atoms with Gasteiger partial charge in [-0.05, 0) is 58.8 Å². The maximum Gasteiger partial charge on any atom is 0.312 e. The Morgan fingerprint density at radius 3 is 2.72 bits per heavy atom. The average Bonchev–Trinajstić information content (AvgIpc) is 2.34. The smallest absolute Gasteiger partial charge is 0.312 e. The van der Waals surface area contributed by atoms with E-state index < -0.39 is 11.9 Å². The maximum absolute atomic E-state index is 11.3. The normalized spacial score (nSPS) is 16.1. The lowest BCUT2D eigenvalue weighted by Gasteiger charge is -2.24. The van der Waals surface area contributed by atoms with Crippen LogP contribution in [-0.4, -0.2) is 22.7 Å². The molecule has 4 N–H and O–H groups in total. The van der Waals surface area contributed by atoms with Crippen molar-refractivity contribution in [2.24, 2.45) is 5.73 Å². The van der Waals surface area contributed by atoms with Crippen molar-refractivity contribution < 1.29 is 15.0 Å². The van der Waals surface area contributed by atoms with Crippen molar-refractivity contribution in [1.29, 1.82) is 0 Å². The first-order chi connectivity index (χ1) is 8.56. The zero-order valence-corrected chi connectivity index (χ0v) is 11.5. The molecule has 4 nitrogen and oxygen atoms in total. The van der Waals surface area contributed by atoms with E-state index in [4.69, 9.17) is 5.73 Å². The third-order valence-corrected chi connectivity index (χ3v) is 4.10. The predicted octanol–water partition coefficient (Wildman–Crippen LogP) is 2.16. The van der Waals surface area contributed by atoms with Crippen LogP contribution >= 0.6 is 15.9 Å². The molecule has 0 fully saturated rings. The standard InChI is InChI=1S/C13H16BrNO3/c14-10-5-7-3-1-2-4-8(7)11(12(10)16)9(6-15)13(17)18/h5,9,16H,1-4,6,15H2,(H,17,18). The van der Waals surface area contributed by atoms with Crippen LogP contribution in [0.1, 0.15) is 35.4 Å². The molecule has 1 aliphatic carbocycles. The van der Waals surface area contributed by atoms with Crippen LogP contribution in [0, 0.1) is 0 Å². The summed E-state index contributed by atoms with van der Waals surface area (Å²) in [6, 6.07) is 1.89. The molecule has 5 heteroatoms. The van der Waals surface area contributed by atoms with Crippen LogP contribution in [0.3, 0.4) is 0 Å². The molecule has 98 valence electrons. The van der Waals surface area contributed by atoms with Gasteiger partial charge in [0, 0.05) is 12.1 Å². The molecular formula is C13H16BrNO3. The Bertz CT molecular complexity index is 488. The Morgan fingerprint density at radius 2 is 2.11 bits per heavy atom. The number of phenols is 1. The number of aromatic hydroxyl groups is 1. The number of benzene rings is 1. The second-order valence-corrected chi connectivity index (χ2v) is 5.45. The Morgan fingerprint density at radius 1 is 1.44 bits per heavy atom. The van der Waals surface area contributed by atoms with Gasteiger partial charge in [0.2, 0.25) is 0 Å². The average molecular weight is 314 g/mol. The summed E-state index contributed by atoms with van der Waals surface area (Å²) >= 11 is 3.29. The first-order valence-electron chi connectivity index (χ1n) is 6.02. The largest absolute Gasteiger partial charge is 0.506 e. The summed E-state index contributed by atoms with van der Waals surface area (Å²) in [5, 5.41) is 19.4. The summed E-state index contributed by atoms with van der Waals surface area (Å²) < 4.78 is 0.554. The van der Waals surface area contributed by atoms with E-state index in [0.717, 1.165) is 36.8 Å². The number of aryl methyl sites for hydroxylation is 1. The number of phenolic OH excluding ortho intramolecular Hbond substituents is 1. The molecule has 0 bridgehead atoms. The van der Waals surface area contributed by atoms with Crippen molar-refractivity contribution in [3.8, 4) is 5.75 Å². The lowest BCUT2D eigenvalue weighted by molar-refractivity contribution is -0.138. The minimum absolute atomic E-state index is 0.00815. The summed E-state index contributed by atoms with van der Waals surface area (Å²) in [4.78, 5) is 11.3. The number of carboxylic acid groups (broad SMARTS) is 1. The summed E-state index contributed by atoms with van der Waals surface area (Å²) in [7, 11) is 0. The molecule has 18 heavy (non-hydrogen) atoms. The first kappa shape index (κ1) is 13.4. The summed E-state index contributed by atoms with van der Waals surface area (Å²) in [6.07, 6.45) is 3.87. The Kier molecular flexibility index (Phi) is 3.92. The van der Waals surface area contributed by atoms with E-state index in [1.807, 2.05) is 6.07 Å².